The Morgan fingerprint density at radius 3 is 2.49 bits per heavy atom. The highest BCUT2D eigenvalue weighted by molar-refractivity contribution is 6.14. The van der Waals surface area contributed by atoms with Crippen LogP contribution in [0.5, 0.6) is 11.5 Å². The average molecular weight is 935 g/mol. The fourth-order valence-corrected chi connectivity index (χ4v) is 18.6. The molecule has 69 heavy (non-hydrogen) atoms. The number of aliphatic hydroxyl groups excluding tert-OH is 3. The standard InChI is InChI=1S/C57H62N2O10/c1-58-28-34-26-38-40-13-16-44(62)57(66)56(40,65)50(47(69-57)51(64)67-46-42(29-60)59-41-14-9-32-23-30-7-2-3-8-31(30)25-37(32)45(41)46)68-49(38)54(48(34)63)22-17-35-27-53(21-6-20-52(53)18-4-5-19-52)43-15-10-33-24-36(61)11-12-39(33)55(35,43)54/h2-3,7-16,23-25,34-35,38,40,43-44,47-50,58-63,65-66H,4-6,17-22,26-29H2,1H3/t34-,35+,38+,40+,43+,44-,47-,48-,49-,50+,53-,54-,55-,56-,57+/m1/s1. The van der Waals surface area contributed by atoms with Crippen molar-refractivity contribution in [3.8, 4) is 11.5 Å². The van der Waals surface area contributed by atoms with Gasteiger partial charge in [-0.15, -0.1) is 0 Å². The van der Waals surface area contributed by atoms with Crippen molar-refractivity contribution in [3.05, 3.63) is 102 Å². The van der Waals surface area contributed by atoms with Crippen molar-refractivity contribution in [3.63, 3.8) is 0 Å². The minimum Gasteiger partial charge on any atom is -0.508 e. The lowest BCUT2D eigenvalue weighted by molar-refractivity contribution is -0.350. The number of phenolic OH excluding ortho intramolecular Hbond substituents is 1. The number of allylic oxidation sites excluding steroid dienone is 1. The van der Waals surface area contributed by atoms with Gasteiger partial charge < -0.3 is 55.2 Å². The van der Waals surface area contributed by atoms with Crippen LogP contribution in [0.1, 0.15) is 87.4 Å². The molecule has 0 unspecified atom stereocenters. The van der Waals surface area contributed by atoms with Gasteiger partial charge in [0.05, 0.1) is 35.4 Å². The Morgan fingerprint density at radius 1 is 0.899 bits per heavy atom. The van der Waals surface area contributed by atoms with Crippen LogP contribution in [-0.2, 0) is 26.3 Å². The first-order valence-electron chi connectivity index (χ1n) is 25.7. The molecule has 3 heterocycles. The molecule has 0 amide bonds. The van der Waals surface area contributed by atoms with E-state index in [-0.39, 0.29) is 45.8 Å². The van der Waals surface area contributed by atoms with E-state index in [1.807, 2.05) is 55.6 Å². The lowest BCUT2D eigenvalue weighted by atomic mass is 9.41. The van der Waals surface area contributed by atoms with E-state index in [0.717, 1.165) is 51.9 Å². The summed E-state index contributed by atoms with van der Waals surface area (Å²) in [6.45, 7) is 0.0269. The zero-order valence-corrected chi connectivity index (χ0v) is 38.9. The van der Waals surface area contributed by atoms with E-state index in [0.29, 0.717) is 30.3 Å². The van der Waals surface area contributed by atoms with Gasteiger partial charge in [0, 0.05) is 23.3 Å². The molecule has 360 valence electrons. The number of aliphatic hydroxyl groups is 5. The monoisotopic (exact) mass is 934 g/mol. The molecule has 1 aromatic heterocycles. The Balaban J connectivity index is 0.942. The van der Waals surface area contributed by atoms with Gasteiger partial charge in [0.2, 0.25) is 5.79 Å². The van der Waals surface area contributed by atoms with Gasteiger partial charge in [0.15, 0.2) is 17.5 Å². The number of carbonyl (C=O) groups is 1. The summed E-state index contributed by atoms with van der Waals surface area (Å²) in [4.78, 5) is 18.5. The first kappa shape index (κ1) is 43.2. The predicted molar refractivity (Wildman–Crippen MR) is 258 cm³/mol. The van der Waals surface area contributed by atoms with Gasteiger partial charge >= 0.3 is 5.97 Å². The number of aromatic amines is 1. The number of phenols is 1. The summed E-state index contributed by atoms with van der Waals surface area (Å²) in [5.74, 6) is -4.72. The number of nitrogens with one attached hydrogen (secondary N) is 2. The summed E-state index contributed by atoms with van der Waals surface area (Å²) >= 11 is 0. The van der Waals surface area contributed by atoms with Crippen LogP contribution in [0.4, 0.5) is 0 Å². The van der Waals surface area contributed by atoms with Gasteiger partial charge in [0.25, 0.3) is 0 Å². The van der Waals surface area contributed by atoms with Gasteiger partial charge in [-0.1, -0.05) is 80.0 Å². The zero-order chi connectivity index (χ0) is 47.0. The first-order valence-corrected chi connectivity index (χ1v) is 25.7. The van der Waals surface area contributed by atoms with Crippen molar-refractivity contribution in [2.75, 3.05) is 13.6 Å². The fourth-order valence-electron chi connectivity index (χ4n) is 18.6. The van der Waals surface area contributed by atoms with E-state index < -0.39 is 77.1 Å². The van der Waals surface area contributed by atoms with E-state index in [2.05, 4.69) is 34.6 Å². The third kappa shape index (κ3) is 5.05. The van der Waals surface area contributed by atoms with E-state index in [4.69, 9.17) is 14.2 Å². The van der Waals surface area contributed by atoms with Crippen LogP contribution in [0.2, 0.25) is 0 Å². The summed E-state index contributed by atoms with van der Waals surface area (Å²) in [7, 11) is 1.90. The largest absolute Gasteiger partial charge is 0.508 e. The number of H-pyrrole nitrogens is 1. The molecule has 7 fully saturated rings. The van der Waals surface area contributed by atoms with Gasteiger partial charge in [0.1, 0.15) is 18.0 Å². The number of esters is 1. The smallest absolute Gasteiger partial charge is 0.343 e. The second-order valence-corrected chi connectivity index (χ2v) is 22.9. The molecular formula is C57H62N2O10. The highest BCUT2D eigenvalue weighted by atomic mass is 16.7. The van der Waals surface area contributed by atoms with Crippen LogP contribution in [0.15, 0.2) is 85.0 Å². The van der Waals surface area contributed by atoms with E-state index >= 15 is 4.79 Å². The number of aromatic hydroxyl groups is 1. The summed E-state index contributed by atoms with van der Waals surface area (Å²) < 4.78 is 20.4. The summed E-state index contributed by atoms with van der Waals surface area (Å²) in [6.07, 6.45) is 12.6. The molecule has 9 aliphatic rings. The number of ether oxygens (including phenoxy) is 3. The Labute approximate surface area is 400 Å². The Kier molecular flexibility index (Phi) is 9.08. The van der Waals surface area contributed by atoms with E-state index in [1.165, 1.54) is 44.6 Å². The van der Waals surface area contributed by atoms with Gasteiger partial charge in [-0.25, -0.2) is 4.79 Å². The van der Waals surface area contributed by atoms with Gasteiger partial charge in [-0.05, 0) is 156 Å². The Hall–Kier alpha value is -4.63. The minimum atomic E-state index is -2.66. The molecule has 0 bridgehead atoms. The number of rotatable bonds is 5. The topological polar surface area (TPSA) is 194 Å². The van der Waals surface area contributed by atoms with Crippen LogP contribution in [0.25, 0.3) is 38.5 Å². The predicted octanol–water partition coefficient (Wildman–Crippen LogP) is 7.04. The lowest BCUT2D eigenvalue weighted by Gasteiger charge is -2.67. The summed E-state index contributed by atoms with van der Waals surface area (Å²) in [6, 6.07) is 21.7. The third-order valence-electron chi connectivity index (χ3n) is 20.8. The average Bonchev–Trinajstić information content (AvgIpc) is 4.20. The van der Waals surface area contributed by atoms with Crippen LogP contribution in [-0.4, -0.2) is 97.1 Å². The first-order chi connectivity index (χ1) is 33.4. The number of hydrogen-bond donors (Lipinski definition) is 8. The number of hydrogen-bond acceptors (Lipinski definition) is 11. The van der Waals surface area contributed by atoms with Crippen molar-refractivity contribution in [1.29, 1.82) is 0 Å². The zero-order valence-electron chi connectivity index (χ0n) is 38.9. The van der Waals surface area contributed by atoms with Crippen molar-refractivity contribution in [1.82, 2.24) is 10.3 Å². The molecule has 15 atom stereocenters. The molecule has 5 saturated carbocycles. The third-order valence-corrected chi connectivity index (χ3v) is 20.8. The van der Waals surface area contributed by atoms with Crippen molar-refractivity contribution >= 4 is 44.5 Å². The maximum absolute atomic E-state index is 15.3. The molecule has 7 aliphatic carbocycles. The number of benzene rings is 4. The summed E-state index contributed by atoms with van der Waals surface area (Å²) in [5, 5.41) is 81.1. The van der Waals surface area contributed by atoms with Crippen molar-refractivity contribution in [2.45, 2.75) is 125 Å². The van der Waals surface area contributed by atoms with Crippen LogP contribution in [0.3, 0.4) is 0 Å². The molecule has 2 aliphatic heterocycles. The van der Waals surface area contributed by atoms with Crippen molar-refractivity contribution < 1.29 is 49.6 Å². The normalized spacial score (nSPS) is 41.9. The molecule has 14 rings (SSSR count). The molecule has 12 nitrogen and oxygen atoms in total. The molecule has 5 aromatic rings. The number of aromatic nitrogens is 1. The van der Waals surface area contributed by atoms with Crippen LogP contribution < -0.4 is 10.1 Å². The molecule has 0 radical (unpaired) electrons. The molecule has 2 saturated heterocycles. The highest BCUT2D eigenvalue weighted by Gasteiger charge is 2.85. The second-order valence-electron chi connectivity index (χ2n) is 22.9. The Morgan fingerprint density at radius 2 is 1.70 bits per heavy atom. The molecular weight excluding hydrogens is 873 g/mol. The van der Waals surface area contributed by atoms with E-state index in [1.54, 1.807) is 12.1 Å². The quantitative estimate of drug-likeness (QED) is 0.0512. The second kappa shape index (κ2) is 14.5. The number of carbonyl (C=O) groups excluding carboxylic acids is 1. The van der Waals surface area contributed by atoms with Gasteiger partial charge in [-0.2, -0.15) is 0 Å². The Bertz CT molecular complexity index is 3040. The minimum absolute atomic E-state index is 0.00759. The van der Waals surface area contributed by atoms with E-state index in [9.17, 15) is 30.6 Å². The molecule has 4 aromatic carbocycles. The van der Waals surface area contributed by atoms with Crippen LogP contribution in [0, 0.1) is 45.8 Å². The SMILES string of the molecule is CNC[C@H]1C[C@@H]2[C@@H](O[C@H]3[C@H](C(=O)Oc4c(CO)[nH]c5ccc6cc7ccccc7cc6c45)O[C@@]4(O)[C@H](O)C=C[C@@H]2[C@@]34O)[C@@]2(CC[C@H]3C[C@]4(CCCC45CCCC5)[C@@H]4C=Cc5cc(O)ccc5[C@]342)[C@@H]1O. The summed E-state index contributed by atoms with van der Waals surface area (Å²) in [5.41, 5.74) is -0.766. The maximum Gasteiger partial charge on any atom is 0.343 e. The van der Waals surface area contributed by atoms with Crippen molar-refractivity contribution in [2.24, 2.45) is 45.8 Å². The van der Waals surface area contributed by atoms with Gasteiger partial charge in [-0.3, -0.25) is 0 Å². The highest BCUT2D eigenvalue weighted by Crippen LogP contribution is 2.84. The maximum atomic E-state index is 15.3. The lowest BCUT2D eigenvalue weighted by Crippen LogP contribution is -2.77. The molecule has 8 N–H and O–H groups in total. The number of fused-ring (bicyclic) bond motifs is 10. The molecule has 4 spiro atoms. The molecule has 12 heteroatoms. The van der Waals surface area contributed by atoms with Crippen LogP contribution >= 0.6 is 0 Å². The fraction of sp³-hybridized carbons (Fsp3) is 0.526.